The minimum absolute atomic E-state index is 0.0177. The van der Waals surface area contributed by atoms with Crippen molar-refractivity contribution in [2.75, 3.05) is 6.54 Å². The van der Waals surface area contributed by atoms with Crippen molar-refractivity contribution in [1.29, 1.82) is 0 Å². The van der Waals surface area contributed by atoms with Crippen molar-refractivity contribution in [1.82, 2.24) is 4.90 Å². The number of carboxylic acids is 1. The highest BCUT2D eigenvalue weighted by atomic mass is 79.9. The summed E-state index contributed by atoms with van der Waals surface area (Å²) in [6.07, 6.45) is -1.58. The normalized spacial score (nSPS) is 22.9. The molecule has 6 nitrogen and oxygen atoms in total. The fourth-order valence-electron chi connectivity index (χ4n) is 2.29. The molecule has 1 aromatic carbocycles. The molecular formula is C14H16BrNO5. The monoisotopic (exact) mass is 357 g/mol. The number of nitrogens with zero attached hydrogens (tertiary/aromatic N) is 1. The van der Waals surface area contributed by atoms with Crippen LogP contribution in [0.5, 0.6) is 5.75 Å². The Labute approximate surface area is 130 Å². The Hall–Kier alpha value is -1.60. The van der Waals surface area contributed by atoms with Crippen LogP contribution in [0.1, 0.15) is 13.3 Å². The van der Waals surface area contributed by atoms with E-state index in [-0.39, 0.29) is 13.0 Å². The van der Waals surface area contributed by atoms with E-state index in [0.717, 1.165) is 9.37 Å². The van der Waals surface area contributed by atoms with Gasteiger partial charge in [0.25, 0.3) is 5.91 Å². The van der Waals surface area contributed by atoms with Crippen LogP contribution in [0.15, 0.2) is 28.7 Å². The second-order valence-corrected chi connectivity index (χ2v) is 5.86. The Kier molecular flexibility index (Phi) is 4.84. The Morgan fingerprint density at radius 2 is 2.00 bits per heavy atom. The summed E-state index contributed by atoms with van der Waals surface area (Å²) in [6, 6.07) is 5.99. The van der Waals surface area contributed by atoms with E-state index in [2.05, 4.69) is 15.9 Å². The highest BCUT2D eigenvalue weighted by Gasteiger charge is 2.40. The maximum Gasteiger partial charge on any atom is 0.326 e. The molecule has 114 valence electrons. The molecule has 1 saturated heterocycles. The molecule has 1 aliphatic rings. The van der Waals surface area contributed by atoms with Crippen molar-refractivity contribution in [2.45, 2.75) is 31.6 Å². The molecule has 1 amide bonds. The van der Waals surface area contributed by atoms with E-state index in [9.17, 15) is 14.7 Å². The van der Waals surface area contributed by atoms with Gasteiger partial charge in [0.05, 0.1) is 6.10 Å². The molecule has 2 unspecified atom stereocenters. The third-order valence-corrected chi connectivity index (χ3v) is 3.85. The molecule has 1 aliphatic heterocycles. The second-order valence-electron chi connectivity index (χ2n) is 4.95. The van der Waals surface area contributed by atoms with Crippen molar-refractivity contribution < 1.29 is 24.5 Å². The van der Waals surface area contributed by atoms with Gasteiger partial charge in [0, 0.05) is 17.4 Å². The van der Waals surface area contributed by atoms with Gasteiger partial charge in [0.2, 0.25) is 0 Å². The predicted octanol–water partition coefficient (Wildman–Crippen LogP) is 1.26. The molecule has 0 radical (unpaired) electrons. The number of aliphatic hydroxyl groups excluding tert-OH is 1. The maximum atomic E-state index is 12.3. The number of β-amino-alcohol motifs (C(OH)–C–C–N with tert-alkyl or cyclic N) is 1. The highest BCUT2D eigenvalue weighted by Crippen LogP contribution is 2.22. The van der Waals surface area contributed by atoms with Crippen molar-refractivity contribution in [3.8, 4) is 5.75 Å². The fraction of sp³-hybridized carbons (Fsp3) is 0.429. The van der Waals surface area contributed by atoms with Gasteiger partial charge in [-0.1, -0.05) is 15.9 Å². The van der Waals surface area contributed by atoms with E-state index in [1.807, 2.05) is 0 Å². The van der Waals surface area contributed by atoms with E-state index in [4.69, 9.17) is 9.84 Å². The van der Waals surface area contributed by atoms with Gasteiger partial charge in [-0.15, -0.1) is 0 Å². The van der Waals surface area contributed by atoms with Crippen LogP contribution in [0, 0.1) is 0 Å². The van der Waals surface area contributed by atoms with Gasteiger partial charge in [-0.3, -0.25) is 4.79 Å². The summed E-state index contributed by atoms with van der Waals surface area (Å²) in [6.45, 7) is 1.58. The number of hydrogen-bond acceptors (Lipinski definition) is 4. The van der Waals surface area contributed by atoms with E-state index < -0.39 is 30.1 Å². The first kappa shape index (κ1) is 15.8. The minimum Gasteiger partial charge on any atom is -0.481 e. The topological polar surface area (TPSA) is 87.1 Å². The average Bonchev–Trinajstić information content (AvgIpc) is 2.82. The zero-order valence-electron chi connectivity index (χ0n) is 11.4. The van der Waals surface area contributed by atoms with Crippen molar-refractivity contribution in [2.24, 2.45) is 0 Å². The molecule has 0 spiro atoms. The molecule has 1 fully saturated rings. The van der Waals surface area contributed by atoms with Crippen molar-refractivity contribution in [3.63, 3.8) is 0 Å². The summed E-state index contributed by atoms with van der Waals surface area (Å²) in [5.74, 6) is -1.04. The third-order valence-electron chi connectivity index (χ3n) is 3.32. The number of aliphatic carboxylic acids is 1. The first-order chi connectivity index (χ1) is 9.88. The molecule has 2 N–H and O–H groups in total. The molecular weight excluding hydrogens is 342 g/mol. The lowest BCUT2D eigenvalue weighted by molar-refractivity contribution is -0.150. The summed E-state index contributed by atoms with van der Waals surface area (Å²) in [5, 5.41) is 18.7. The van der Waals surface area contributed by atoms with Crippen molar-refractivity contribution >= 4 is 27.8 Å². The van der Waals surface area contributed by atoms with Gasteiger partial charge < -0.3 is 19.8 Å². The van der Waals surface area contributed by atoms with Crippen LogP contribution in [-0.4, -0.2) is 51.8 Å². The summed E-state index contributed by atoms with van der Waals surface area (Å²) < 4.78 is 6.41. The number of carbonyl (C=O) groups excluding carboxylic acids is 1. The zero-order valence-corrected chi connectivity index (χ0v) is 13.0. The van der Waals surface area contributed by atoms with Gasteiger partial charge >= 0.3 is 5.97 Å². The lowest BCUT2D eigenvalue weighted by atomic mass is 10.2. The third kappa shape index (κ3) is 3.74. The quantitative estimate of drug-likeness (QED) is 0.846. The predicted molar refractivity (Wildman–Crippen MR) is 78.0 cm³/mol. The number of carboxylic acid groups (broad SMARTS) is 1. The molecule has 1 aromatic rings. The number of ether oxygens (including phenoxy) is 1. The van der Waals surface area contributed by atoms with E-state index >= 15 is 0 Å². The Morgan fingerprint density at radius 3 is 2.57 bits per heavy atom. The molecule has 21 heavy (non-hydrogen) atoms. The molecule has 0 bridgehead atoms. The first-order valence-corrected chi connectivity index (χ1v) is 7.31. The molecule has 3 atom stereocenters. The fourth-order valence-corrected chi connectivity index (χ4v) is 2.56. The Balaban J connectivity index is 2.04. The number of amides is 1. The van der Waals surface area contributed by atoms with Gasteiger partial charge in [-0.25, -0.2) is 4.79 Å². The number of halogens is 1. The summed E-state index contributed by atoms with van der Waals surface area (Å²) in [7, 11) is 0. The molecule has 7 heteroatoms. The van der Waals surface area contributed by atoms with Crippen LogP contribution in [0.3, 0.4) is 0 Å². The molecule has 0 saturated carbocycles. The number of rotatable bonds is 4. The van der Waals surface area contributed by atoms with Gasteiger partial charge in [-0.2, -0.15) is 0 Å². The van der Waals surface area contributed by atoms with Crippen LogP contribution in [-0.2, 0) is 9.59 Å². The molecule has 1 heterocycles. The maximum absolute atomic E-state index is 12.3. The highest BCUT2D eigenvalue weighted by molar-refractivity contribution is 9.10. The zero-order chi connectivity index (χ0) is 15.6. The van der Waals surface area contributed by atoms with Gasteiger partial charge in [0.15, 0.2) is 6.10 Å². The van der Waals surface area contributed by atoms with Crippen LogP contribution < -0.4 is 4.74 Å². The van der Waals surface area contributed by atoms with E-state index in [1.165, 1.54) is 0 Å². The van der Waals surface area contributed by atoms with Crippen LogP contribution in [0.4, 0.5) is 0 Å². The van der Waals surface area contributed by atoms with E-state index in [1.54, 1.807) is 31.2 Å². The number of aliphatic hydroxyl groups is 1. The molecule has 0 aromatic heterocycles. The van der Waals surface area contributed by atoms with Crippen LogP contribution in [0.25, 0.3) is 0 Å². The number of likely N-dealkylation sites (tertiary alicyclic amines) is 1. The average molecular weight is 358 g/mol. The standard InChI is InChI=1S/C14H16BrNO5/c1-8(21-11-4-2-9(15)3-5-11)13(18)16-7-10(17)6-12(16)14(19)20/h2-5,8,10,12,17H,6-7H2,1H3,(H,19,20)/t8?,10?,12-/m0/s1. The molecule has 2 rings (SSSR count). The SMILES string of the molecule is CC(Oc1ccc(Br)cc1)C(=O)N1CC(O)C[C@H]1C(=O)O. The number of benzene rings is 1. The Bertz CT molecular complexity index is 533. The smallest absolute Gasteiger partial charge is 0.326 e. The summed E-state index contributed by atoms with van der Waals surface area (Å²) >= 11 is 3.30. The number of carbonyl (C=O) groups is 2. The Morgan fingerprint density at radius 1 is 1.38 bits per heavy atom. The largest absolute Gasteiger partial charge is 0.481 e. The minimum atomic E-state index is -1.12. The molecule has 0 aliphatic carbocycles. The van der Waals surface area contributed by atoms with E-state index in [0.29, 0.717) is 5.75 Å². The number of hydrogen-bond donors (Lipinski definition) is 2. The summed E-state index contributed by atoms with van der Waals surface area (Å²) in [5.41, 5.74) is 0. The van der Waals surface area contributed by atoms with Gasteiger partial charge in [-0.05, 0) is 31.2 Å². The van der Waals surface area contributed by atoms with Crippen LogP contribution >= 0.6 is 15.9 Å². The lowest BCUT2D eigenvalue weighted by Gasteiger charge is -2.25. The second kappa shape index (κ2) is 6.44. The van der Waals surface area contributed by atoms with Gasteiger partial charge in [0.1, 0.15) is 11.8 Å². The lowest BCUT2D eigenvalue weighted by Crippen LogP contribution is -2.46. The van der Waals surface area contributed by atoms with Crippen molar-refractivity contribution in [3.05, 3.63) is 28.7 Å². The first-order valence-electron chi connectivity index (χ1n) is 6.52. The van der Waals surface area contributed by atoms with Crippen LogP contribution in [0.2, 0.25) is 0 Å². The summed E-state index contributed by atoms with van der Waals surface area (Å²) in [4.78, 5) is 24.6.